The molecule has 2 saturated carbocycles. The fraction of sp³-hybridized carbons (Fsp3) is 0.692. The second-order valence-corrected chi connectivity index (χ2v) is 10.7. The van der Waals surface area contributed by atoms with Crippen LogP contribution in [0.5, 0.6) is 0 Å². The first kappa shape index (κ1) is 19.3. The number of hydrogen-bond donors (Lipinski definition) is 0. The maximum atomic E-state index is 12.5. The molecule has 0 spiro atoms. The highest BCUT2D eigenvalue weighted by Crippen LogP contribution is 2.66. The van der Waals surface area contributed by atoms with Crippen LogP contribution in [0.4, 0.5) is 0 Å². The van der Waals surface area contributed by atoms with Crippen LogP contribution in [0.2, 0.25) is 0 Å². The maximum absolute atomic E-state index is 12.5. The van der Waals surface area contributed by atoms with Crippen LogP contribution in [-0.4, -0.2) is 28.4 Å². The van der Waals surface area contributed by atoms with E-state index in [2.05, 4.69) is 49.0 Å². The average molecular weight is 393 g/mol. The number of rotatable bonds is 2. The van der Waals surface area contributed by atoms with Gasteiger partial charge in [-0.2, -0.15) is 0 Å². The fourth-order valence-electron chi connectivity index (χ4n) is 8.04. The van der Waals surface area contributed by atoms with Crippen molar-refractivity contribution in [2.24, 2.45) is 28.6 Å². The average Bonchev–Trinajstić information content (AvgIpc) is 3.24. The van der Waals surface area contributed by atoms with Crippen LogP contribution in [0.3, 0.4) is 0 Å². The zero-order valence-electron chi connectivity index (χ0n) is 18.6. The summed E-state index contributed by atoms with van der Waals surface area (Å²) in [5.74, 6) is 2.70. The lowest BCUT2D eigenvalue weighted by Gasteiger charge is -2.57. The molecule has 3 aliphatic carbocycles. The molecule has 1 saturated heterocycles. The predicted octanol–water partition coefficient (Wildman–Crippen LogP) is 5.64. The molecule has 1 aliphatic heterocycles. The smallest absolute Gasteiger partial charge is 0.222 e. The third kappa shape index (κ3) is 2.68. The summed E-state index contributed by atoms with van der Waals surface area (Å²) < 4.78 is 0. The molecular weight excluding hydrogens is 356 g/mol. The SMILES string of the molecule is CCC(=O)N1CC[C@]2(C)C3CC[C@]4(C)C(c5cncc(C)c5)=CC[C@H]4[C@@H]3CCC12. The molecule has 1 aromatic rings. The Bertz CT molecular complexity index is 860. The Morgan fingerprint density at radius 2 is 2.00 bits per heavy atom. The number of aryl methyl sites for hydroxylation is 1. The molecule has 1 aromatic heterocycles. The molecule has 2 heterocycles. The molecule has 0 N–H and O–H groups in total. The lowest BCUT2D eigenvalue weighted by Crippen LogP contribution is -2.54. The Kier molecular flexibility index (Phi) is 4.46. The van der Waals surface area contributed by atoms with Gasteiger partial charge < -0.3 is 4.90 Å². The summed E-state index contributed by atoms with van der Waals surface area (Å²) in [7, 11) is 0. The lowest BCUT2D eigenvalue weighted by molar-refractivity contribution is -0.136. The van der Waals surface area contributed by atoms with Gasteiger partial charge in [0, 0.05) is 31.4 Å². The molecule has 6 atom stereocenters. The van der Waals surface area contributed by atoms with Crippen molar-refractivity contribution in [3.05, 3.63) is 35.7 Å². The Morgan fingerprint density at radius 3 is 2.76 bits per heavy atom. The maximum Gasteiger partial charge on any atom is 0.222 e. The van der Waals surface area contributed by atoms with Crippen molar-refractivity contribution in [3.8, 4) is 0 Å². The van der Waals surface area contributed by atoms with Crippen LogP contribution >= 0.6 is 0 Å². The van der Waals surface area contributed by atoms with Crippen molar-refractivity contribution in [2.45, 2.75) is 78.7 Å². The van der Waals surface area contributed by atoms with E-state index >= 15 is 0 Å². The Balaban J connectivity index is 1.43. The van der Waals surface area contributed by atoms with Crippen LogP contribution in [0.25, 0.3) is 5.57 Å². The van der Waals surface area contributed by atoms with Gasteiger partial charge in [0.05, 0.1) is 0 Å². The predicted molar refractivity (Wildman–Crippen MR) is 117 cm³/mol. The van der Waals surface area contributed by atoms with E-state index < -0.39 is 0 Å². The normalized spacial score (nSPS) is 40.8. The highest BCUT2D eigenvalue weighted by molar-refractivity contribution is 5.77. The topological polar surface area (TPSA) is 33.2 Å². The molecule has 29 heavy (non-hydrogen) atoms. The number of likely N-dealkylation sites (tertiary alicyclic amines) is 1. The number of nitrogens with zero attached hydrogens (tertiary/aromatic N) is 2. The Hall–Kier alpha value is -1.64. The van der Waals surface area contributed by atoms with Gasteiger partial charge in [-0.05, 0) is 96.8 Å². The summed E-state index contributed by atoms with van der Waals surface area (Å²) in [4.78, 5) is 19.3. The minimum atomic E-state index is 0.289. The molecule has 0 aromatic carbocycles. The van der Waals surface area contributed by atoms with Crippen molar-refractivity contribution < 1.29 is 4.79 Å². The van der Waals surface area contributed by atoms with Gasteiger partial charge in [-0.1, -0.05) is 26.8 Å². The summed E-state index contributed by atoms with van der Waals surface area (Å²) in [6.07, 6.45) is 14.7. The molecule has 3 nitrogen and oxygen atoms in total. The van der Waals surface area contributed by atoms with Crippen molar-refractivity contribution in [3.63, 3.8) is 0 Å². The minimum Gasteiger partial charge on any atom is -0.339 e. The van der Waals surface area contributed by atoms with Crippen molar-refractivity contribution >= 4 is 11.5 Å². The molecule has 2 unspecified atom stereocenters. The standard InChI is InChI=1S/C26H36N2O/c1-5-24(29)28-13-12-26(4)22-10-11-25(3)20(18-14-17(2)15-27-16-18)7-8-21(25)19(22)6-9-23(26)28/h7,14-16,19,21-23H,5-6,8-13H2,1-4H3/t19-,21-,22?,23?,25+,26+/m0/s1. The number of allylic oxidation sites excluding steroid dienone is 2. The van der Waals surface area contributed by atoms with E-state index in [1.165, 1.54) is 49.7 Å². The first-order valence-electron chi connectivity index (χ1n) is 11.8. The van der Waals surface area contributed by atoms with Crippen LogP contribution in [0.15, 0.2) is 24.5 Å². The molecule has 5 rings (SSSR count). The van der Waals surface area contributed by atoms with Gasteiger partial charge in [0.2, 0.25) is 5.91 Å². The minimum absolute atomic E-state index is 0.289. The molecule has 156 valence electrons. The second-order valence-electron chi connectivity index (χ2n) is 10.7. The number of hydrogen-bond acceptors (Lipinski definition) is 2. The number of carbonyl (C=O) groups is 1. The van der Waals surface area contributed by atoms with E-state index in [0.717, 1.165) is 24.3 Å². The first-order chi connectivity index (χ1) is 13.9. The molecule has 3 fully saturated rings. The first-order valence-corrected chi connectivity index (χ1v) is 11.8. The quantitative estimate of drug-likeness (QED) is 0.653. The zero-order valence-corrected chi connectivity index (χ0v) is 18.6. The van der Waals surface area contributed by atoms with Crippen molar-refractivity contribution in [2.75, 3.05) is 6.54 Å². The van der Waals surface area contributed by atoms with Crippen molar-refractivity contribution in [1.29, 1.82) is 0 Å². The van der Waals surface area contributed by atoms with Crippen LogP contribution < -0.4 is 0 Å². The van der Waals surface area contributed by atoms with Gasteiger partial charge >= 0.3 is 0 Å². The summed E-state index contributed by atoms with van der Waals surface area (Å²) in [5, 5.41) is 0. The highest BCUT2D eigenvalue weighted by Gasteiger charge is 2.60. The Morgan fingerprint density at radius 1 is 1.17 bits per heavy atom. The highest BCUT2D eigenvalue weighted by atomic mass is 16.2. The van der Waals surface area contributed by atoms with E-state index in [0.29, 0.717) is 23.8 Å². The number of pyridine rings is 1. The summed E-state index contributed by atoms with van der Waals surface area (Å²) in [6.45, 7) is 10.2. The van der Waals surface area contributed by atoms with E-state index in [9.17, 15) is 4.79 Å². The van der Waals surface area contributed by atoms with Gasteiger partial charge in [-0.25, -0.2) is 0 Å². The molecule has 1 amide bonds. The number of carbonyl (C=O) groups excluding carboxylic acids is 1. The number of aromatic nitrogens is 1. The molecule has 0 bridgehead atoms. The zero-order chi connectivity index (χ0) is 20.4. The lowest BCUT2D eigenvalue weighted by atomic mass is 9.48. The Labute approximate surface area is 176 Å². The van der Waals surface area contributed by atoms with Gasteiger partial charge in [0.25, 0.3) is 0 Å². The van der Waals surface area contributed by atoms with E-state index in [-0.39, 0.29) is 5.41 Å². The van der Waals surface area contributed by atoms with E-state index in [1.54, 1.807) is 5.57 Å². The second kappa shape index (κ2) is 6.68. The molecule has 3 heteroatoms. The molecule has 4 aliphatic rings. The number of fused-ring (bicyclic) bond motifs is 5. The van der Waals surface area contributed by atoms with E-state index in [4.69, 9.17) is 0 Å². The third-order valence-electron chi connectivity index (χ3n) is 9.48. The third-order valence-corrected chi connectivity index (χ3v) is 9.48. The van der Waals surface area contributed by atoms with Crippen LogP contribution in [0, 0.1) is 35.5 Å². The summed E-state index contributed by atoms with van der Waals surface area (Å²) in [5.41, 5.74) is 4.76. The summed E-state index contributed by atoms with van der Waals surface area (Å²) >= 11 is 0. The van der Waals surface area contributed by atoms with E-state index in [1.807, 2.05) is 13.1 Å². The molecular formula is C26H36N2O. The van der Waals surface area contributed by atoms with Crippen molar-refractivity contribution in [1.82, 2.24) is 9.88 Å². The molecule has 0 radical (unpaired) electrons. The monoisotopic (exact) mass is 392 g/mol. The fourth-order valence-corrected chi connectivity index (χ4v) is 8.04. The largest absolute Gasteiger partial charge is 0.339 e. The van der Waals surface area contributed by atoms with Gasteiger partial charge in [0.1, 0.15) is 0 Å². The summed E-state index contributed by atoms with van der Waals surface area (Å²) in [6, 6.07) is 2.80. The van der Waals surface area contributed by atoms with Crippen LogP contribution in [0.1, 0.15) is 76.8 Å². The van der Waals surface area contributed by atoms with Gasteiger partial charge in [-0.3, -0.25) is 9.78 Å². The number of amides is 1. The van der Waals surface area contributed by atoms with Crippen LogP contribution in [-0.2, 0) is 4.79 Å². The van der Waals surface area contributed by atoms with Gasteiger partial charge in [-0.15, -0.1) is 0 Å². The van der Waals surface area contributed by atoms with Gasteiger partial charge in [0.15, 0.2) is 0 Å².